The van der Waals surface area contributed by atoms with Gasteiger partial charge in [-0.25, -0.2) is 20.3 Å². The van der Waals surface area contributed by atoms with Gasteiger partial charge in [-0.05, 0) is 38.5 Å². The molecule has 5 aliphatic rings. The molecule has 8 rings (SSSR count). The first-order chi connectivity index (χ1) is 22.3. The van der Waals surface area contributed by atoms with E-state index < -0.39 is 46.5 Å². The Balaban J connectivity index is 1.09. The zero-order valence-electron chi connectivity index (χ0n) is 26.3. The average Bonchev–Trinajstić information content (AvgIpc) is 3.80. The Morgan fingerprint density at radius 2 is 1.70 bits per heavy atom. The first-order valence-corrected chi connectivity index (χ1v) is 17.8. The molecule has 2 saturated heterocycles. The van der Waals surface area contributed by atoms with Crippen LogP contribution >= 0.6 is 10.9 Å². The van der Waals surface area contributed by atoms with E-state index in [4.69, 9.17) is 14.2 Å². The molecule has 0 radical (unpaired) electrons. The van der Waals surface area contributed by atoms with Gasteiger partial charge < -0.3 is 29.5 Å². The lowest BCUT2D eigenvalue weighted by atomic mass is 9.53. The largest absolute Gasteiger partial charge is 0.469 e. The number of carbonyl (C=O) groups excluding carboxylic acids is 1. The number of nitrogens with zero attached hydrogens (tertiary/aromatic N) is 6. The number of aliphatic hydroxyl groups is 3. The third-order valence-electron chi connectivity index (χ3n) is 11.4. The molecule has 250 valence electrons. The Kier molecular flexibility index (Phi) is 8.70. The third kappa shape index (κ3) is 5.27. The molecule has 3 N–H and O–H groups in total. The highest BCUT2D eigenvalue weighted by atomic mass is 32.2. The molecule has 8 atom stereocenters. The van der Waals surface area contributed by atoms with E-state index >= 15 is 0 Å². The van der Waals surface area contributed by atoms with Crippen LogP contribution in [0, 0.1) is 5.41 Å². The Bertz CT molecular complexity index is 1490. The molecule has 2 aromatic heterocycles. The zero-order chi connectivity index (χ0) is 32.1. The van der Waals surface area contributed by atoms with Gasteiger partial charge in [0.1, 0.15) is 17.8 Å². The van der Waals surface area contributed by atoms with Crippen LogP contribution in [0.4, 0.5) is 0 Å². The molecular weight excluding hydrogens is 612 g/mol. The molecule has 3 aromatic rings. The van der Waals surface area contributed by atoms with E-state index in [2.05, 4.69) is 20.6 Å². The van der Waals surface area contributed by atoms with E-state index in [1.807, 2.05) is 42.7 Å². The minimum absolute atomic E-state index is 0.109. The van der Waals surface area contributed by atoms with Gasteiger partial charge in [0, 0.05) is 40.5 Å². The van der Waals surface area contributed by atoms with Crippen molar-refractivity contribution in [1.82, 2.24) is 30.0 Å². The number of aromatic nitrogens is 6. The molecule has 13 nitrogen and oxygen atoms in total. The van der Waals surface area contributed by atoms with Crippen LogP contribution in [0.15, 0.2) is 42.7 Å². The number of carbonyl (C=O) groups is 1. The number of fused-ring (bicyclic) bond motifs is 3. The van der Waals surface area contributed by atoms with E-state index in [0.717, 1.165) is 49.8 Å². The standard InChI is InChI=1S/C32H44N6O7S/c1-43-23-19-46(25-18-45-17-22(28(25)40)37-14-21(33-35-37)20-6-4-3-5-7-20)24(16-39)29(41)27(23)38-15-26(34-36-38)31-8-11-32(12-9-31,13-10-31)30(42)44-2/h3-7,14-15,22-25,27-29,39-41,46H,8-13,16-19H2,1-2H3/t22-,23-,24+,25+,27+,28+,29-,31?,32?/m0/s1. The van der Waals surface area contributed by atoms with E-state index in [1.54, 1.807) is 16.5 Å². The summed E-state index contributed by atoms with van der Waals surface area (Å²) in [5.74, 6) is 0.438. The Morgan fingerprint density at radius 3 is 2.37 bits per heavy atom. The molecule has 2 bridgehead atoms. The molecule has 14 heteroatoms. The molecule has 1 unspecified atom stereocenters. The van der Waals surface area contributed by atoms with E-state index in [9.17, 15) is 20.1 Å². The summed E-state index contributed by atoms with van der Waals surface area (Å²) in [4.78, 5) is 12.5. The smallest absolute Gasteiger partial charge is 0.311 e. The monoisotopic (exact) mass is 656 g/mol. The van der Waals surface area contributed by atoms with Gasteiger partial charge in [-0.3, -0.25) is 4.79 Å². The van der Waals surface area contributed by atoms with Crippen molar-refractivity contribution < 1.29 is 34.3 Å². The summed E-state index contributed by atoms with van der Waals surface area (Å²) in [6.07, 6.45) is 6.38. The Hall–Kier alpha value is -2.88. The topological polar surface area (TPSA) is 167 Å². The summed E-state index contributed by atoms with van der Waals surface area (Å²) in [7, 11) is 1.95. The summed E-state index contributed by atoms with van der Waals surface area (Å²) in [5, 5.41) is 51.2. The van der Waals surface area contributed by atoms with Crippen LogP contribution in [0.1, 0.15) is 56.3 Å². The number of aliphatic hydroxyl groups excluding tert-OH is 3. The molecule has 5 fully saturated rings. The van der Waals surface area contributed by atoms with Crippen LogP contribution in [0.3, 0.4) is 0 Å². The highest BCUT2D eigenvalue weighted by molar-refractivity contribution is 8.18. The van der Waals surface area contributed by atoms with Gasteiger partial charge in [-0.15, -0.1) is 10.2 Å². The second-order valence-electron chi connectivity index (χ2n) is 13.5. The molecule has 0 amide bonds. The minimum atomic E-state index is -1.14. The fraction of sp³-hybridized carbons (Fsp3) is 0.656. The number of hydrogen-bond acceptors (Lipinski definition) is 11. The first-order valence-electron chi connectivity index (χ1n) is 16.1. The van der Waals surface area contributed by atoms with Crippen LogP contribution in [-0.4, -0.2) is 120 Å². The van der Waals surface area contributed by atoms with E-state index in [-0.39, 0.29) is 35.3 Å². The van der Waals surface area contributed by atoms with Crippen LogP contribution in [0.25, 0.3) is 11.3 Å². The molecule has 0 spiro atoms. The van der Waals surface area contributed by atoms with Gasteiger partial charge in [0.2, 0.25) is 0 Å². The summed E-state index contributed by atoms with van der Waals surface area (Å²) >= 11 is 0. The van der Waals surface area contributed by atoms with Crippen molar-refractivity contribution in [3.05, 3.63) is 48.4 Å². The lowest BCUT2D eigenvalue weighted by Gasteiger charge is -2.51. The first kappa shape index (κ1) is 31.7. The van der Waals surface area contributed by atoms with E-state index in [1.165, 1.54) is 7.11 Å². The molecular formula is C32H44N6O7S. The average molecular weight is 657 g/mol. The highest BCUT2D eigenvalue weighted by Gasteiger charge is 2.55. The number of ether oxygens (including phenoxy) is 3. The summed E-state index contributed by atoms with van der Waals surface area (Å²) in [5.41, 5.74) is 1.98. The number of thiol groups is 1. The maximum atomic E-state index is 12.5. The van der Waals surface area contributed by atoms with Crippen LogP contribution in [0.5, 0.6) is 0 Å². The Morgan fingerprint density at radius 1 is 0.978 bits per heavy atom. The number of esters is 1. The summed E-state index contributed by atoms with van der Waals surface area (Å²) in [6, 6.07) is 8.73. The second-order valence-corrected chi connectivity index (χ2v) is 16.2. The molecule has 2 aliphatic heterocycles. The number of rotatable bonds is 8. The summed E-state index contributed by atoms with van der Waals surface area (Å²) < 4.78 is 20.5. The van der Waals surface area contributed by atoms with Gasteiger partial charge in [0.25, 0.3) is 0 Å². The maximum Gasteiger partial charge on any atom is 0.311 e. The van der Waals surface area contributed by atoms with Crippen molar-refractivity contribution in [2.75, 3.05) is 39.8 Å². The van der Waals surface area contributed by atoms with Crippen LogP contribution < -0.4 is 0 Å². The lowest BCUT2D eigenvalue weighted by molar-refractivity contribution is -0.160. The fourth-order valence-corrected chi connectivity index (χ4v) is 11.9. The van der Waals surface area contributed by atoms with Crippen LogP contribution in [-0.2, 0) is 24.4 Å². The fourth-order valence-electron chi connectivity index (χ4n) is 8.46. The molecule has 3 aliphatic carbocycles. The predicted octanol–water partition coefficient (Wildman–Crippen LogP) is 1.60. The predicted molar refractivity (Wildman–Crippen MR) is 170 cm³/mol. The number of hydrogen-bond donors (Lipinski definition) is 4. The molecule has 3 saturated carbocycles. The summed E-state index contributed by atoms with van der Waals surface area (Å²) in [6.45, 7) is 0.360. The van der Waals surface area contributed by atoms with Crippen molar-refractivity contribution in [2.24, 2.45) is 5.41 Å². The van der Waals surface area contributed by atoms with Crippen molar-refractivity contribution in [1.29, 1.82) is 0 Å². The van der Waals surface area contributed by atoms with Gasteiger partial charge >= 0.3 is 5.97 Å². The lowest BCUT2D eigenvalue weighted by Crippen LogP contribution is -2.55. The van der Waals surface area contributed by atoms with Gasteiger partial charge in [-0.1, -0.05) is 40.8 Å². The SMILES string of the molecule is COC(=O)C12CCC(c3cn([C@H]4[C@@H](O)[C@@H](CO)[SH]([C@@H]5COC[C@H](n6cc(-c7ccccc7)nn6)[C@H]5O)C[C@@H]4OC)nn3)(CC1)CC2. The normalized spacial score (nSPS) is 38.5. The second kappa shape index (κ2) is 12.6. The van der Waals surface area contributed by atoms with Gasteiger partial charge in [-0.2, -0.15) is 0 Å². The highest BCUT2D eigenvalue weighted by Crippen LogP contribution is 2.58. The number of benzene rings is 1. The van der Waals surface area contributed by atoms with Gasteiger partial charge in [0.15, 0.2) is 0 Å². The third-order valence-corrected chi connectivity index (χ3v) is 14.8. The van der Waals surface area contributed by atoms with Crippen molar-refractivity contribution in [3.8, 4) is 11.3 Å². The van der Waals surface area contributed by atoms with Crippen molar-refractivity contribution in [2.45, 2.75) is 84.8 Å². The van der Waals surface area contributed by atoms with E-state index in [0.29, 0.717) is 18.1 Å². The Labute approximate surface area is 270 Å². The maximum absolute atomic E-state index is 12.5. The van der Waals surface area contributed by atoms with Crippen LogP contribution in [0.2, 0.25) is 0 Å². The molecule has 46 heavy (non-hydrogen) atoms. The van der Waals surface area contributed by atoms with Gasteiger partial charge in [0.05, 0.1) is 62.5 Å². The number of methoxy groups -OCH3 is 2. The quantitative estimate of drug-likeness (QED) is 0.205. The van der Waals surface area contributed by atoms with Crippen molar-refractivity contribution in [3.63, 3.8) is 0 Å². The zero-order valence-corrected chi connectivity index (χ0v) is 27.2. The molecule has 1 aromatic carbocycles. The minimum Gasteiger partial charge on any atom is -0.469 e. The molecule has 4 heterocycles. The van der Waals surface area contributed by atoms with Crippen molar-refractivity contribution >= 4 is 16.9 Å².